The third-order valence-electron chi connectivity index (χ3n) is 4.49. The number of rotatable bonds is 6. The molecule has 3 rings (SSSR count). The molecular formula is C23H21ClN2O3. The number of nitrogens with one attached hydrogen (secondary N) is 2. The van der Waals surface area contributed by atoms with Gasteiger partial charge in [0.05, 0.1) is 10.7 Å². The Morgan fingerprint density at radius 1 is 0.862 bits per heavy atom. The fourth-order valence-corrected chi connectivity index (χ4v) is 2.86. The number of carbonyl (C=O) groups excluding carboxylic acids is 2. The molecule has 0 unspecified atom stereocenters. The lowest BCUT2D eigenvalue weighted by atomic mass is 10.1. The van der Waals surface area contributed by atoms with Crippen molar-refractivity contribution in [3.8, 4) is 5.75 Å². The largest absolute Gasteiger partial charge is 0.484 e. The fourth-order valence-electron chi connectivity index (χ4n) is 2.68. The van der Waals surface area contributed by atoms with Gasteiger partial charge >= 0.3 is 0 Å². The van der Waals surface area contributed by atoms with E-state index in [-0.39, 0.29) is 18.4 Å². The number of halogens is 1. The SMILES string of the molecule is Cc1cccc(NC(=O)COc2ccc(C(=O)Nc3ccccc3Cl)cc2)c1C. The quantitative estimate of drug-likeness (QED) is 0.587. The van der Waals surface area contributed by atoms with Gasteiger partial charge in [-0.3, -0.25) is 9.59 Å². The maximum absolute atomic E-state index is 12.3. The zero-order valence-corrected chi connectivity index (χ0v) is 16.9. The predicted molar refractivity (Wildman–Crippen MR) is 116 cm³/mol. The van der Waals surface area contributed by atoms with Gasteiger partial charge in [-0.05, 0) is 67.4 Å². The molecule has 0 bridgehead atoms. The van der Waals surface area contributed by atoms with Crippen LogP contribution in [0.3, 0.4) is 0 Å². The number of aryl methyl sites for hydroxylation is 1. The standard InChI is InChI=1S/C23H21ClN2O3/c1-15-6-5-9-20(16(15)2)25-22(27)14-29-18-12-10-17(11-13-18)23(28)26-21-8-4-3-7-19(21)24/h3-13H,14H2,1-2H3,(H,25,27)(H,26,28). The fraction of sp³-hybridized carbons (Fsp3) is 0.130. The molecule has 2 N–H and O–H groups in total. The summed E-state index contributed by atoms with van der Waals surface area (Å²) >= 11 is 6.06. The summed E-state index contributed by atoms with van der Waals surface area (Å²) in [5.41, 5.74) is 3.90. The Morgan fingerprint density at radius 2 is 1.55 bits per heavy atom. The molecule has 3 aromatic rings. The average Bonchev–Trinajstić information content (AvgIpc) is 2.72. The Bertz CT molecular complexity index is 1030. The van der Waals surface area contributed by atoms with Crippen LogP contribution in [0.25, 0.3) is 0 Å². The highest BCUT2D eigenvalue weighted by molar-refractivity contribution is 6.33. The summed E-state index contributed by atoms with van der Waals surface area (Å²) in [7, 11) is 0. The molecule has 0 radical (unpaired) electrons. The minimum Gasteiger partial charge on any atom is -0.484 e. The Kier molecular flexibility index (Phi) is 6.52. The van der Waals surface area contributed by atoms with E-state index in [2.05, 4.69) is 10.6 Å². The number of anilines is 2. The summed E-state index contributed by atoms with van der Waals surface area (Å²) in [6.07, 6.45) is 0. The topological polar surface area (TPSA) is 67.4 Å². The van der Waals surface area contributed by atoms with Crippen LogP contribution in [0.2, 0.25) is 5.02 Å². The van der Waals surface area contributed by atoms with Crippen LogP contribution < -0.4 is 15.4 Å². The normalized spacial score (nSPS) is 10.3. The lowest BCUT2D eigenvalue weighted by Crippen LogP contribution is -2.20. The molecule has 3 aromatic carbocycles. The molecule has 2 amide bonds. The van der Waals surface area contributed by atoms with Gasteiger partial charge in [0.2, 0.25) is 0 Å². The number of amides is 2. The van der Waals surface area contributed by atoms with Crippen molar-refractivity contribution in [3.63, 3.8) is 0 Å². The second kappa shape index (κ2) is 9.26. The molecule has 0 saturated heterocycles. The molecular weight excluding hydrogens is 388 g/mol. The highest BCUT2D eigenvalue weighted by Crippen LogP contribution is 2.22. The molecule has 0 fully saturated rings. The number of benzene rings is 3. The molecule has 0 aliphatic carbocycles. The molecule has 0 aliphatic rings. The maximum Gasteiger partial charge on any atom is 0.262 e. The van der Waals surface area contributed by atoms with E-state index in [0.29, 0.717) is 22.0 Å². The molecule has 0 aliphatic heterocycles. The van der Waals surface area contributed by atoms with Crippen molar-refractivity contribution in [2.24, 2.45) is 0 Å². The Labute approximate surface area is 174 Å². The van der Waals surface area contributed by atoms with Gasteiger partial charge in [0.25, 0.3) is 11.8 Å². The number of hydrogen-bond acceptors (Lipinski definition) is 3. The Hall–Kier alpha value is -3.31. The van der Waals surface area contributed by atoms with Crippen LogP contribution in [0.5, 0.6) is 5.75 Å². The van der Waals surface area contributed by atoms with Gasteiger partial charge in [-0.15, -0.1) is 0 Å². The second-order valence-corrected chi connectivity index (χ2v) is 6.95. The lowest BCUT2D eigenvalue weighted by Gasteiger charge is -2.11. The zero-order chi connectivity index (χ0) is 20.8. The van der Waals surface area contributed by atoms with Crippen LogP contribution in [-0.4, -0.2) is 18.4 Å². The van der Waals surface area contributed by atoms with E-state index < -0.39 is 0 Å². The number of ether oxygens (including phenoxy) is 1. The van der Waals surface area contributed by atoms with Crippen LogP contribution in [0.15, 0.2) is 66.7 Å². The summed E-state index contributed by atoms with van der Waals surface area (Å²) < 4.78 is 5.52. The molecule has 0 aromatic heterocycles. The molecule has 0 atom stereocenters. The number of carbonyl (C=O) groups is 2. The first-order chi connectivity index (χ1) is 13.9. The minimum absolute atomic E-state index is 0.126. The highest BCUT2D eigenvalue weighted by Gasteiger charge is 2.10. The van der Waals surface area contributed by atoms with E-state index in [1.165, 1.54) is 0 Å². The molecule has 0 spiro atoms. The van der Waals surface area contributed by atoms with Crippen LogP contribution in [0.4, 0.5) is 11.4 Å². The van der Waals surface area contributed by atoms with E-state index in [4.69, 9.17) is 16.3 Å². The van der Waals surface area contributed by atoms with E-state index in [0.717, 1.165) is 16.8 Å². The van der Waals surface area contributed by atoms with E-state index >= 15 is 0 Å². The van der Waals surface area contributed by atoms with Gasteiger partial charge in [0.15, 0.2) is 6.61 Å². The Morgan fingerprint density at radius 3 is 2.28 bits per heavy atom. The molecule has 5 nitrogen and oxygen atoms in total. The molecule has 29 heavy (non-hydrogen) atoms. The third-order valence-corrected chi connectivity index (χ3v) is 4.82. The monoisotopic (exact) mass is 408 g/mol. The van der Waals surface area contributed by atoms with Crippen LogP contribution >= 0.6 is 11.6 Å². The minimum atomic E-state index is -0.280. The van der Waals surface area contributed by atoms with Crippen LogP contribution in [0, 0.1) is 13.8 Å². The first-order valence-corrected chi connectivity index (χ1v) is 9.46. The van der Waals surface area contributed by atoms with Crippen molar-refractivity contribution in [1.82, 2.24) is 0 Å². The molecule has 0 heterocycles. The molecule has 6 heteroatoms. The van der Waals surface area contributed by atoms with Gasteiger partial charge in [0, 0.05) is 11.3 Å². The summed E-state index contributed by atoms with van der Waals surface area (Å²) in [4.78, 5) is 24.5. The first kappa shape index (κ1) is 20.4. The van der Waals surface area contributed by atoms with Crippen molar-refractivity contribution in [2.45, 2.75) is 13.8 Å². The molecule has 148 valence electrons. The summed E-state index contributed by atoms with van der Waals surface area (Å²) in [5, 5.41) is 6.07. The maximum atomic E-state index is 12.3. The lowest BCUT2D eigenvalue weighted by molar-refractivity contribution is -0.118. The van der Waals surface area contributed by atoms with Gasteiger partial charge in [-0.25, -0.2) is 0 Å². The Balaban J connectivity index is 1.55. The third kappa shape index (κ3) is 5.36. The smallest absolute Gasteiger partial charge is 0.262 e. The van der Waals surface area contributed by atoms with Crippen LogP contribution in [-0.2, 0) is 4.79 Å². The summed E-state index contributed by atoms with van der Waals surface area (Å²) in [5.74, 6) is -0.0352. The van der Waals surface area contributed by atoms with Gasteiger partial charge in [-0.1, -0.05) is 35.9 Å². The summed E-state index contributed by atoms with van der Waals surface area (Å²) in [6, 6.07) is 19.3. The van der Waals surface area contributed by atoms with Crippen molar-refractivity contribution >= 4 is 34.8 Å². The van der Waals surface area contributed by atoms with Crippen molar-refractivity contribution in [1.29, 1.82) is 0 Å². The van der Waals surface area contributed by atoms with Gasteiger partial charge < -0.3 is 15.4 Å². The average molecular weight is 409 g/mol. The number of hydrogen-bond donors (Lipinski definition) is 2. The first-order valence-electron chi connectivity index (χ1n) is 9.09. The van der Waals surface area contributed by atoms with E-state index in [1.54, 1.807) is 48.5 Å². The van der Waals surface area contributed by atoms with Crippen molar-refractivity contribution in [2.75, 3.05) is 17.2 Å². The zero-order valence-electron chi connectivity index (χ0n) is 16.2. The predicted octanol–water partition coefficient (Wildman–Crippen LogP) is 5.23. The number of para-hydroxylation sites is 1. The van der Waals surface area contributed by atoms with Crippen molar-refractivity contribution in [3.05, 3.63) is 88.4 Å². The van der Waals surface area contributed by atoms with Crippen molar-refractivity contribution < 1.29 is 14.3 Å². The van der Waals surface area contributed by atoms with Gasteiger partial charge in [-0.2, -0.15) is 0 Å². The second-order valence-electron chi connectivity index (χ2n) is 6.54. The van der Waals surface area contributed by atoms with E-state index in [9.17, 15) is 9.59 Å². The summed E-state index contributed by atoms with van der Waals surface area (Å²) in [6.45, 7) is 3.82. The van der Waals surface area contributed by atoms with Crippen LogP contribution in [0.1, 0.15) is 21.5 Å². The van der Waals surface area contributed by atoms with Gasteiger partial charge in [0.1, 0.15) is 5.75 Å². The highest BCUT2D eigenvalue weighted by atomic mass is 35.5. The molecule has 0 saturated carbocycles. The van der Waals surface area contributed by atoms with E-state index in [1.807, 2.05) is 32.0 Å².